The van der Waals surface area contributed by atoms with Crippen LogP contribution in [0.15, 0.2) is 11.8 Å². The third-order valence-corrected chi connectivity index (χ3v) is 2.26. The number of nitrogens with zero attached hydrogens (tertiary/aromatic N) is 4. The monoisotopic (exact) mass is 316 g/mol. The minimum atomic E-state index is -4.79. The Morgan fingerprint density at radius 2 is 1.55 bits per heavy atom. The second-order valence-corrected chi connectivity index (χ2v) is 4.16. The number of aromatic nitrogens is 6. The molecule has 0 unspecified atom stereocenters. The van der Waals surface area contributed by atoms with Crippen molar-refractivity contribution in [2.24, 2.45) is 0 Å². The number of halogens is 3. The number of alkyl halides is 3. The maximum Gasteiger partial charge on any atom is 0.431 e. The molecule has 0 aliphatic carbocycles. The summed E-state index contributed by atoms with van der Waals surface area (Å²) in [5.74, 6) is -0.753. The van der Waals surface area contributed by atoms with E-state index in [4.69, 9.17) is 0 Å². The molecule has 0 radical (unpaired) electrons. The highest BCUT2D eigenvalue weighted by molar-refractivity contribution is 5.98. The molecule has 2 aromatic heterocycles. The van der Waals surface area contributed by atoms with E-state index in [-0.39, 0.29) is 11.9 Å². The van der Waals surface area contributed by atoms with Gasteiger partial charge in [0.1, 0.15) is 17.3 Å². The molecule has 9 nitrogen and oxygen atoms in total. The normalized spacial score (nSPS) is 12.3. The molecule has 0 aliphatic heterocycles. The van der Waals surface area contributed by atoms with Crippen LogP contribution in [0, 0.1) is 13.8 Å². The Kier molecular flexibility index (Phi) is 4.10. The first-order valence-corrected chi connectivity index (χ1v) is 5.89. The Bertz CT molecular complexity index is 701. The van der Waals surface area contributed by atoms with Gasteiger partial charge in [0.2, 0.25) is 11.9 Å². The van der Waals surface area contributed by atoms with Crippen molar-refractivity contribution in [1.82, 2.24) is 30.4 Å². The number of rotatable bonds is 4. The van der Waals surface area contributed by atoms with Crippen LogP contribution in [0.1, 0.15) is 11.6 Å². The average molecular weight is 316 g/mol. The van der Waals surface area contributed by atoms with E-state index in [0.717, 1.165) is 0 Å². The number of carbonyl (C=O) groups is 1. The molecular formula is C10H11F3N8O. The van der Waals surface area contributed by atoms with Crippen molar-refractivity contribution in [3.05, 3.63) is 23.4 Å². The number of anilines is 2. The Morgan fingerprint density at radius 1 is 1.05 bits per heavy atom. The fourth-order valence-corrected chi connectivity index (χ4v) is 1.38. The van der Waals surface area contributed by atoms with Gasteiger partial charge in [-0.2, -0.15) is 23.1 Å². The van der Waals surface area contributed by atoms with Crippen LogP contribution in [-0.2, 0) is 4.79 Å². The minimum Gasteiger partial charge on any atom is -0.319 e. The minimum absolute atomic E-state index is 0.131. The number of hydrogen-bond donors (Lipinski definition) is 4. The smallest absolute Gasteiger partial charge is 0.319 e. The number of H-pyrrole nitrogens is 2. The summed E-state index contributed by atoms with van der Waals surface area (Å²) in [5, 5.41) is 16.0. The van der Waals surface area contributed by atoms with Crippen LogP contribution in [0.5, 0.6) is 0 Å². The zero-order valence-corrected chi connectivity index (χ0v) is 11.4. The van der Waals surface area contributed by atoms with Gasteiger partial charge in [-0.1, -0.05) is 0 Å². The number of nitrogens with one attached hydrogen (secondary N) is 4. The summed E-state index contributed by atoms with van der Waals surface area (Å²) < 4.78 is 38.7. The summed E-state index contributed by atoms with van der Waals surface area (Å²) in [6.07, 6.45) is -4.46. The highest BCUT2D eigenvalue weighted by Gasteiger charge is 2.35. The van der Waals surface area contributed by atoms with Crippen molar-refractivity contribution in [3.8, 4) is 0 Å². The SMILES string of the molecule is Cc1nc(NC(=O)C=C(Nc2n[nH]c(C)n2)C(F)(F)F)n[nH]1. The first-order valence-electron chi connectivity index (χ1n) is 5.89. The molecule has 12 heteroatoms. The molecular weight excluding hydrogens is 305 g/mol. The van der Waals surface area contributed by atoms with Gasteiger partial charge in [-0.25, -0.2) is 0 Å². The number of allylic oxidation sites excluding steroid dienone is 1. The van der Waals surface area contributed by atoms with E-state index < -0.39 is 17.8 Å². The second-order valence-electron chi connectivity index (χ2n) is 4.16. The molecule has 118 valence electrons. The quantitative estimate of drug-likeness (QED) is 0.625. The molecule has 0 fully saturated rings. The Hall–Kier alpha value is -2.92. The molecule has 2 rings (SSSR count). The second kappa shape index (κ2) is 5.83. The van der Waals surface area contributed by atoms with Crippen molar-refractivity contribution >= 4 is 17.8 Å². The Labute approximate surface area is 121 Å². The van der Waals surface area contributed by atoms with Crippen LogP contribution in [0.2, 0.25) is 0 Å². The summed E-state index contributed by atoms with van der Waals surface area (Å²) >= 11 is 0. The fourth-order valence-electron chi connectivity index (χ4n) is 1.38. The summed E-state index contributed by atoms with van der Waals surface area (Å²) in [4.78, 5) is 19.0. The first kappa shape index (κ1) is 15.5. The maximum absolute atomic E-state index is 12.9. The van der Waals surface area contributed by atoms with Crippen LogP contribution >= 0.6 is 0 Å². The van der Waals surface area contributed by atoms with Gasteiger partial charge >= 0.3 is 6.18 Å². The van der Waals surface area contributed by atoms with E-state index in [2.05, 4.69) is 35.7 Å². The van der Waals surface area contributed by atoms with E-state index in [1.165, 1.54) is 6.92 Å². The zero-order valence-electron chi connectivity index (χ0n) is 11.4. The maximum atomic E-state index is 12.9. The van der Waals surface area contributed by atoms with Crippen LogP contribution in [0.4, 0.5) is 25.1 Å². The molecule has 2 aromatic rings. The third kappa shape index (κ3) is 4.04. The van der Waals surface area contributed by atoms with Gasteiger partial charge in [-0.05, 0) is 13.8 Å². The molecule has 0 atom stereocenters. The van der Waals surface area contributed by atoms with E-state index in [1.807, 2.05) is 5.32 Å². The van der Waals surface area contributed by atoms with Gasteiger partial charge in [-0.3, -0.25) is 20.3 Å². The van der Waals surface area contributed by atoms with Crippen LogP contribution in [0.3, 0.4) is 0 Å². The molecule has 22 heavy (non-hydrogen) atoms. The zero-order chi connectivity index (χ0) is 16.3. The van der Waals surface area contributed by atoms with Crippen molar-refractivity contribution in [3.63, 3.8) is 0 Å². The summed E-state index contributed by atoms with van der Waals surface area (Å²) in [6, 6.07) is 0. The van der Waals surface area contributed by atoms with E-state index in [9.17, 15) is 18.0 Å². The number of hydrogen-bond acceptors (Lipinski definition) is 6. The molecule has 4 N–H and O–H groups in total. The van der Waals surface area contributed by atoms with Crippen LogP contribution in [0.25, 0.3) is 0 Å². The van der Waals surface area contributed by atoms with Gasteiger partial charge in [0.05, 0.1) is 0 Å². The molecule has 1 amide bonds. The lowest BCUT2D eigenvalue weighted by atomic mass is 10.3. The summed E-state index contributed by atoms with van der Waals surface area (Å²) in [5.41, 5.74) is -1.32. The number of aromatic amines is 2. The summed E-state index contributed by atoms with van der Waals surface area (Å²) in [6.45, 7) is 3.10. The van der Waals surface area contributed by atoms with E-state index in [0.29, 0.717) is 17.7 Å². The first-order chi connectivity index (χ1) is 10.2. The van der Waals surface area contributed by atoms with Crippen molar-refractivity contribution in [2.75, 3.05) is 10.6 Å². The Morgan fingerprint density at radius 3 is 1.95 bits per heavy atom. The Balaban J connectivity index is 2.15. The van der Waals surface area contributed by atoms with Crippen molar-refractivity contribution in [1.29, 1.82) is 0 Å². The van der Waals surface area contributed by atoms with Crippen molar-refractivity contribution in [2.45, 2.75) is 20.0 Å². The van der Waals surface area contributed by atoms with Crippen LogP contribution < -0.4 is 10.6 Å². The fraction of sp³-hybridized carbons (Fsp3) is 0.300. The largest absolute Gasteiger partial charge is 0.431 e. The predicted octanol–water partition coefficient (Wildman–Crippen LogP) is 1.04. The molecule has 0 saturated heterocycles. The molecule has 0 aromatic carbocycles. The molecule has 0 spiro atoms. The number of amides is 1. The third-order valence-electron chi connectivity index (χ3n) is 2.26. The number of carbonyl (C=O) groups excluding carboxylic acids is 1. The highest BCUT2D eigenvalue weighted by Crippen LogP contribution is 2.26. The van der Waals surface area contributed by atoms with E-state index >= 15 is 0 Å². The van der Waals surface area contributed by atoms with Crippen LogP contribution in [-0.4, -0.2) is 42.4 Å². The summed E-state index contributed by atoms with van der Waals surface area (Å²) in [7, 11) is 0. The molecule has 0 aliphatic rings. The number of aryl methyl sites for hydroxylation is 2. The molecule has 0 bridgehead atoms. The average Bonchev–Trinajstić information content (AvgIpc) is 2.96. The molecule has 0 saturated carbocycles. The standard InChI is InChI=1S/C10H11F3N8O/c1-4-14-8(20-18-4)16-6(10(11,12)13)3-7(22)17-9-15-5(2)19-21-9/h3H,1-2H3,(H2,14,16,18,20)(H2,15,17,19,21,22). The topological polar surface area (TPSA) is 124 Å². The van der Waals surface area contributed by atoms with Crippen molar-refractivity contribution < 1.29 is 18.0 Å². The van der Waals surface area contributed by atoms with Gasteiger partial charge in [0.25, 0.3) is 5.91 Å². The lowest BCUT2D eigenvalue weighted by Gasteiger charge is -2.11. The predicted molar refractivity (Wildman–Crippen MR) is 68.6 cm³/mol. The highest BCUT2D eigenvalue weighted by atomic mass is 19.4. The van der Waals surface area contributed by atoms with E-state index in [1.54, 1.807) is 6.92 Å². The van der Waals surface area contributed by atoms with Gasteiger partial charge in [-0.15, -0.1) is 10.2 Å². The van der Waals surface area contributed by atoms with Gasteiger partial charge < -0.3 is 5.32 Å². The van der Waals surface area contributed by atoms with Gasteiger partial charge in [0, 0.05) is 6.08 Å². The van der Waals surface area contributed by atoms with Gasteiger partial charge in [0.15, 0.2) is 0 Å². The lowest BCUT2D eigenvalue weighted by Crippen LogP contribution is -2.23. The molecule has 2 heterocycles. The lowest BCUT2D eigenvalue weighted by molar-refractivity contribution is -0.113.